The van der Waals surface area contributed by atoms with Gasteiger partial charge >= 0.3 is 0 Å². The van der Waals surface area contributed by atoms with Crippen molar-refractivity contribution < 1.29 is 0 Å². The van der Waals surface area contributed by atoms with Gasteiger partial charge in [-0.05, 0) is 50.6 Å². The average molecular weight is 305 g/mol. The molecule has 0 aliphatic rings. The summed E-state index contributed by atoms with van der Waals surface area (Å²) in [5.74, 6) is 0. The van der Waals surface area contributed by atoms with Crippen LogP contribution in [0.1, 0.15) is 30.2 Å². The maximum Gasteiger partial charge on any atom is 0.186 e. The SMILES string of the molecule is CCCNCc1cn(-c2ccc(Cl)cc2C)c(C)cc1=O. The van der Waals surface area contributed by atoms with E-state index in [1.807, 2.05) is 38.2 Å². The molecule has 1 heterocycles. The number of rotatable bonds is 5. The highest BCUT2D eigenvalue weighted by Crippen LogP contribution is 2.20. The largest absolute Gasteiger partial charge is 0.320 e. The van der Waals surface area contributed by atoms with Crippen molar-refractivity contribution in [2.75, 3.05) is 6.54 Å². The highest BCUT2D eigenvalue weighted by Gasteiger charge is 2.08. The van der Waals surface area contributed by atoms with Crippen molar-refractivity contribution in [3.05, 3.63) is 62.5 Å². The monoisotopic (exact) mass is 304 g/mol. The Morgan fingerprint density at radius 1 is 1.24 bits per heavy atom. The van der Waals surface area contributed by atoms with Crippen LogP contribution in [0, 0.1) is 13.8 Å². The number of pyridine rings is 1. The van der Waals surface area contributed by atoms with Crippen LogP contribution in [0.2, 0.25) is 5.02 Å². The number of halogens is 1. The first-order chi connectivity index (χ1) is 10.0. The molecule has 112 valence electrons. The molecule has 0 bridgehead atoms. The van der Waals surface area contributed by atoms with Gasteiger partial charge in [-0.2, -0.15) is 0 Å². The Morgan fingerprint density at radius 3 is 2.67 bits per heavy atom. The lowest BCUT2D eigenvalue weighted by Crippen LogP contribution is -2.22. The summed E-state index contributed by atoms with van der Waals surface area (Å²) in [5.41, 5.74) is 3.92. The molecule has 0 aliphatic carbocycles. The minimum Gasteiger partial charge on any atom is -0.320 e. The second kappa shape index (κ2) is 6.92. The van der Waals surface area contributed by atoms with Crippen LogP contribution >= 0.6 is 11.6 Å². The van der Waals surface area contributed by atoms with Crippen LogP contribution < -0.4 is 10.7 Å². The molecule has 0 fully saturated rings. The van der Waals surface area contributed by atoms with E-state index in [1.54, 1.807) is 6.07 Å². The summed E-state index contributed by atoms with van der Waals surface area (Å²) in [6, 6.07) is 7.48. The van der Waals surface area contributed by atoms with Crippen molar-refractivity contribution in [2.24, 2.45) is 0 Å². The Hall–Kier alpha value is -1.58. The molecular formula is C17H21ClN2O. The Labute approximate surface area is 130 Å². The summed E-state index contributed by atoms with van der Waals surface area (Å²) in [6.07, 6.45) is 2.98. The van der Waals surface area contributed by atoms with Crippen LogP contribution in [0.15, 0.2) is 35.3 Å². The zero-order valence-electron chi connectivity index (χ0n) is 12.7. The number of nitrogens with zero attached hydrogens (tertiary/aromatic N) is 1. The lowest BCUT2D eigenvalue weighted by atomic mass is 10.1. The van der Waals surface area contributed by atoms with Crippen molar-refractivity contribution in [1.29, 1.82) is 0 Å². The Bertz CT molecular complexity index is 692. The van der Waals surface area contributed by atoms with Crippen LogP contribution in [0.25, 0.3) is 5.69 Å². The molecule has 4 heteroatoms. The summed E-state index contributed by atoms with van der Waals surface area (Å²) in [5, 5.41) is 4.00. The number of aromatic nitrogens is 1. The van der Waals surface area contributed by atoms with Crippen LogP contribution in [0.4, 0.5) is 0 Å². The first-order valence-corrected chi connectivity index (χ1v) is 7.60. The topological polar surface area (TPSA) is 34.0 Å². The van der Waals surface area contributed by atoms with E-state index in [1.165, 1.54) is 0 Å². The Balaban J connectivity index is 2.43. The fraction of sp³-hybridized carbons (Fsp3) is 0.353. The van der Waals surface area contributed by atoms with Gasteiger partial charge in [0.05, 0.1) is 0 Å². The molecule has 1 aromatic carbocycles. The molecule has 0 radical (unpaired) electrons. The average Bonchev–Trinajstić information content (AvgIpc) is 2.42. The molecule has 2 aromatic rings. The van der Waals surface area contributed by atoms with E-state index in [2.05, 4.69) is 16.8 Å². The van der Waals surface area contributed by atoms with Crippen LogP contribution in [0.5, 0.6) is 0 Å². The van der Waals surface area contributed by atoms with Gasteiger partial charge in [-0.3, -0.25) is 4.79 Å². The molecular weight excluding hydrogens is 284 g/mol. The zero-order valence-corrected chi connectivity index (χ0v) is 13.5. The van der Waals surface area contributed by atoms with Gasteiger partial charge in [0.2, 0.25) is 0 Å². The molecule has 1 aromatic heterocycles. The van der Waals surface area contributed by atoms with Gasteiger partial charge in [-0.15, -0.1) is 0 Å². The fourth-order valence-electron chi connectivity index (χ4n) is 2.35. The quantitative estimate of drug-likeness (QED) is 0.856. The number of benzene rings is 1. The van der Waals surface area contributed by atoms with Gasteiger partial charge in [-0.25, -0.2) is 0 Å². The third-order valence-corrected chi connectivity index (χ3v) is 3.72. The van der Waals surface area contributed by atoms with E-state index in [9.17, 15) is 4.79 Å². The molecule has 0 unspecified atom stereocenters. The lowest BCUT2D eigenvalue weighted by Gasteiger charge is -2.15. The molecule has 21 heavy (non-hydrogen) atoms. The van der Waals surface area contributed by atoms with Gasteiger partial charge in [0.25, 0.3) is 0 Å². The standard InChI is InChI=1S/C17H21ClN2O/c1-4-7-19-10-14-11-20(13(3)9-17(14)21)16-6-5-15(18)8-12(16)2/h5-6,8-9,11,19H,4,7,10H2,1-3H3. The van der Waals surface area contributed by atoms with Gasteiger partial charge in [-0.1, -0.05) is 18.5 Å². The second-order valence-corrected chi connectivity index (χ2v) is 5.72. The van der Waals surface area contributed by atoms with Gasteiger partial charge in [0, 0.05) is 40.8 Å². The number of aryl methyl sites for hydroxylation is 2. The Morgan fingerprint density at radius 2 is 2.00 bits per heavy atom. The minimum atomic E-state index is 0.0824. The van der Waals surface area contributed by atoms with E-state index in [0.29, 0.717) is 6.54 Å². The van der Waals surface area contributed by atoms with Crippen LogP contribution in [0.3, 0.4) is 0 Å². The van der Waals surface area contributed by atoms with Crippen LogP contribution in [-0.4, -0.2) is 11.1 Å². The van der Waals surface area contributed by atoms with Crippen molar-refractivity contribution in [2.45, 2.75) is 33.7 Å². The van der Waals surface area contributed by atoms with E-state index in [0.717, 1.165) is 40.5 Å². The molecule has 0 saturated heterocycles. The molecule has 1 N–H and O–H groups in total. The molecule has 0 spiro atoms. The van der Waals surface area contributed by atoms with Crippen LogP contribution in [-0.2, 0) is 6.54 Å². The molecule has 0 atom stereocenters. The van der Waals surface area contributed by atoms with Crippen molar-refractivity contribution >= 4 is 11.6 Å². The maximum absolute atomic E-state index is 12.1. The third kappa shape index (κ3) is 3.74. The first-order valence-electron chi connectivity index (χ1n) is 7.22. The second-order valence-electron chi connectivity index (χ2n) is 5.28. The van der Waals surface area contributed by atoms with E-state index in [4.69, 9.17) is 11.6 Å². The van der Waals surface area contributed by atoms with Crippen molar-refractivity contribution in [1.82, 2.24) is 9.88 Å². The predicted molar refractivity (Wildman–Crippen MR) is 88.5 cm³/mol. The lowest BCUT2D eigenvalue weighted by molar-refractivity contribution is 0.668. The number of hydrogen-bond acceptors (Lipinski definition) is 2. The third-order valence-electron chi connectivity index (χ3n) is 3.48. The summed E-state index contributed by atoms with van der Waals surface area (Å²) in [7, 11) is 0. The highest BCUT2D eigenvalue weighted by atomic mass is 35.5. The first kappa shape index (κ1) is 15.8. The number of nitrogens with one attached hydrogen (secondary N) is 1. The molecule has 2 rings (SSSR count). The van der Waals surface area contributed by atoms with Crippen molar-refractivity contribution in [3.63, 3.8) is 0 Å². The van der Waals surface area contributed by atoms with Gasteiger partial charge < -0.3 is 9.88 Å². The predicted octanol–water partition coefficient (Wildman–Crippen LogP) is 3.61. The van der Waals surface area contributed by atoms with E-state index in [-0.39, 0.29) is 5.43 Å². The van der Waals surface area contributed by atoms with E-state index < -0.39 is 0 Å². The normalized spacial score (nSPS) is 10.9. The molecule has 3 nitrogen and oxygen atoms in total. The maximum atomic E-state index is 12.1. The zero-order chi connectivity index (χ0) is 15.4. The summed E-state index contributed by atoms with van der Waals surface area (Å²) in [4.78, 5) is 12.1. The summed E-state index contributed by atoms with van der Waals surface area (Å²) >= 11 is 6.02. The van der Waals surface area contributed by atoms with Gasteiger partial charge in [0.15, 0.2) is 5.43 Å². The molecule has 0 saturated carbocycles. The van der Waals surface area contributed by atoms with Crippen molar-refractivity contribution in [3.8, 4) is 5.69 Å². The summed E-state index contributed by atoms with van der Waals surface area (Å²) in [6.45, 7) is 7.58. The fourth-order valence-corrected chi connectivity index (χ4v) is 2.58. The highest BCUT2D eigenvalue weighted by molar-refractivity contribution is 6.30. The smallest absolute Gasteiger partial charge is 0.186 e. The van der Waals surface area contributed by atoms with Gasteiger partial charge in [0.1, 0.15) is 0 Å². The minimum absolute atomic E-state index is 0.0824. The molecule has 0 amide bonds. The number of hydrogen-bond donors (Lipinski definition) is 1. The summed E-state index contributed by atoms with van der Waals surface area (Å²) < 4.78 is 2.05. The Kier molecular flexibility index (Phi) is 5.21. The molecule has 0 aliphatic heterocycles. The van der Waals surface area contributed by atoms with E-state index >= 15 is 0 Å².